The van der Waals surface area contributed by atoms with E-state index in [4.69, 9.17) is 0 Å². The summed E-state index contributed by atoms with van der Waals surface area (Å²) >= 11 is 9.80. The molecule has 1 aliphatic rings. The highest BCUT2D eigenvalue weighted by Gasteiger charge is 2.25. The van der Waals surface area contributed by atoms with Gasteiger partial charge in [0.2, 0.25) is 5.78 Å². The number of ketones is 1. The van der Waals surface area contributed by atoms with Crippen LogP contribution >= 0.6 is 47.8 Å². The van der Waals surface area contributed by atoms with Crippen molar-refractivity contribution in [2.75, 3.05) is 0 Å². The summed E-state index contributed by atoms with van der Waals surface area (Å²) in [5, 5.41) is 0. The molecule has 0 amide bonds. The van der Waals surface area contributed by atoms with Crippen molar-refractivity contribution >= 4 is 53.6 Å². The maximum absolute atomic E-state index is 11.2. The van der Waals surface area contributed by atoms with Crippen molar-refractivity contribution in [2.45, 2.75) is 11.2 Å². The van der Waals surface area contributed by atoms with Crippen LogP contribution in [0.1, 0.15) is 6.92 Å². The molecule has 0 bridgehead atoms. The molecule has 0 heterocycles. The maximum Gasteiger partial charge on any atom is 0.206 e. The number of carbonyl (C=O) groups excluding carboxylic acids is 1. The lowest BCUT2D eigenvalue weighted by atomic mass is 10.1. The van der Waals surface area contributed by atoms with Crippen LogP contribution in [-0.2, 0) is 4.79 Å². The van der Waals surface area contributed by atoms with E-state index in [1.165, 1.54) is 0 Å². The molecule has 4 heteroatoms. The van der Waals surface area contributed by atoms with E-state index in [0.717, 1.165) is 0 Å². The van der Waals surface area contributed by atoms with E-state index in [1.807, 2.05) is 19.1 Å². The molecule has 1 aliphatic carbocycles. The number of rotatable bonds is 0. The van der Waals surface area contributed by atoms with E-state index in [9.17, 15) is 4.79 Å². The van der Waals surface area contributed by atoms with Gasteiger partial charge in [0.05, 0.1) is 13.3 Å². The summed E-state index contributed by atoms with van der Waals surface area (Å²) in [6.07, 6.45) is 3.64. The van der Waals surface area contributed by atoms with Gasteiger partial charge in [-0.1, -0.05) is 15.9 Å². The fourth-order valence-corrected chi connectivity index (χ4v) is 3.50. The number of hydrogen-bond acceptors (Lipinski definition) is 1. The Labute approximate surface area is 90.3 Å². The van der Waals surface area contributed by atoms with Gasteiger partial charge in [-0.05, 0) is 50.9 Å². The predicted octanol–water partition coefficient (Wildman–Crippen LogP) is 3.28. The van der Waals surface area contributed by atoms with Crippen molar-refractivity contribution in [3.8, 4) is 0 Å². The minimum absolute atomic E-state index is 0.0121. The van der Waals surface area contributed by atoms with Crippen LogP contribution in [0.2, 0.25) is 0 Å². The Hall–Kier alpha value is 0.590. The first-order valence-corrected chi connectivity index (χ1v) is 5.30. The number of alkyl halides is 1. The molecule has 1 nitrogen and oxygen atoms in total. The third kappa shape index (κ3) is 2.26. The van der Waals surface area contributed by atoms with E-state index in [2.05, 4.69) is 47.8 Å². The van der Waals surface area contributed by atoms with Gasteiger partial charge in [0, 0.05) is 0 Å². The van der Waals surface area contributed by atoms with Gasteiger partial charge < -0.3 is 0 Å². The largest absolute Gasteiger partial charge is 0.287 e. The monoisotopic (exact) mass is 342 g/mol. The van der Waals surface area contributed by atoms with Crippen molar-refractivity contribution in [1.29, 1.82) is 0 Å². The molecule has 11 heavy (non-hydrogen) atoms. The van der Waals surface area contributed by atoms with Crippen molar-refractivity contribution in [3.05, 3.63) is 21.1 Å². The van der Waals surface area contributed by atoms with Crippen molar-refractivity contribution in [3.63, 3.8) is 0 Å². The van der Waals surface area contributed by atoms with Gasteiger partial charge in [-0.25, -0.2) is 0 Å². The van der Waals surface area contributed by atoms with Gasteiger partial charge in [-0.15, -0.1) is 0 Å². The van der Waals surface area contributed by atoms with E-state index in [-0.39, 0.29) is 10.1 Å². The molecular formula is C7H5Br3O. The van der Waals surface area contributed by atoms with Crippen LogP contribution in [-0.4, -0.2) is 10.1 Å². The maximum atomic E-state index is 11.2. The standard InChI is InChI=1S/C7H5Br3O/c1-7(10)2-4(8)6(11)5(9)3-7/h2-3H,1H3. The predicted molar refractivity (Wildman–Crippen MR) is 56.4 cm³/mol. The Balaban J connectivity index is 3.08. The molecule has 0 radical (unpaired) electrons. The highest BCUT2D eigenvalue weighted by atomic mass is 79.9. The zero-order valence-electron chi connectivity index (χ0n) is 5.70. The summed E-state index contributed by atoms with van der Waals surface area (Å²) < 4.78 is 0.955. The number of halogens is 3. The lowest BCUT2D eigenvalue weighted by Crippen LogP contribution is -2.16. The molecular weight excluding hydrogens is 340 g/mol. The van der Waals surface area contributed by atoms with Gasteiger partial charge in [0.1, 0.15) is 0 Å². The molecule has 0 N–H and O–H groups in total. The molecule has 0 aromatic rings. The van der Waals surface area contributed by atoms with Crippen molar-refractivity contribution in [2.24, 2.45) is 0 Å². The molecule has 60 valence electrons. The second-order valence-corrected chi connectivity index (χ2v) is 5.88. The van der Waals surface area contributed by atoms with Gasteiger partial charge in [0.15, 0.2) is 0 Å². The summed E-state index contributed by atoms with van der Waals surface area (Å²) in [6.45, 7) is 1.96. The van der Waals surface area contributed by atoms with Crippen LogP contribution in [0.4, 0.5) is 0 Å². The lowest BCUT2D eigenvalue weighted by Gasteiger charge is -2.18. The van der Waals surface area contributed by atoms with E-state index < -0.39 is 0 Å². The number of allylic oxidation sites excluding steroid dienone is 4. The molecule has 0 aromatic carbocycles. The fourth-order valence-electron chi connectivity index (χ4n) is 0.782. The van der Waals surface area contributed by atoms with Crippen LogP contribution in [0.5, 0.6) is 0 Å². The highest BCUT2D eigenvalue weighted by Crippen LogP contribution is 2.34. The van der Waals surface area contributed by atoms with Crippen LogP contribution in [0, 0.1) is 0 Å². The van der Waals surface area contributed by atoms with Crippen molar-refractivity contribution in [1.82, 2.24) is 0 Å². The average molecular weight is 345 g/mol. The molecule has 1 rings (SSSR count). The second kappa shape index (κ2) is 3.15. The smallest absolute Gasteiger partial charge is 0.206 e. The summed E-state index contributed by atoms with van der Waals surface area (Å²) in [5.41, 5.74) is 0. The molecule has 0 aromatic heterocycles. The highest BCUT2D eigenvalue weighted by molar-refractivity contribution is 9.13. The third-order valence-electron chi connectivity index (χ3n) is 1.25. The van der Waals surface area contributed by atoms with Gasteiger partial charge >= 0.3 is 0 Å². The third-order valence-corrected chi connectivity index (χ3v) is 2.89. The van der Waals surface area contributed by atoms with Crippen molar-refractivity contribution < 1.29 is 4.79 Å². The quantitative estimate of drug-likeness (QED) is 0.616. The van der Waals surface area contributed by atoms with Gasteiger partial charge in [-0.2, -0.15) is 0 Å². The topological polar surface area (TPSA) is 17.1 Å². The first-order chi connectivity index (χ1) is 4.92. The van der Waals surface area contributed by atoms with E-state index >= 15 is 0 Å². The molecule has 0 saturated heterocycles. The Bertz CT molecular complexity index is 239. The second-order valence-electron chi connectivity index (χ2n) is 2.46. The first-order valence-electron chi connectivity index (χ1n) is 2.93. The Morgan fingerprint density at radius 3 is 2.00 bits per heavy atom. The van der Waals surface area contributed by atoms with E-state index in [0.29, 0.717) is 8.96 Å². The molecule has 0 aliphatic heterocycles. The SMILES string of the molecule is CC1(Br)C=C(Br)C(=O)C(Br)=C1. The summed E-state index contributed by atoms with van der Waals surface area (Å²) in [6, 6.07) is 0. The summed E-state index contributed by atoms with van der Waals surface area (Å²) in [4.78, 5) is 11.2. The zero-order chi connectivity index (χ0) is 8.65. The van der Waals surface area contributed by atoms with Crippen LogP contribution in [0.25, 0.3) is 0 Å². The first kappa shape index (κ1) is 9.68. The molecule has 0 saturated carbocycles. The lowest BCUT2D eigenvalue weighted by molar-refractivity contribution is -0.111. The number of carbonyl (C=O) groups is 1. The van der Waals surface area contributed by atoms with Gasteiger partial charge in [-0.3, -0.25) is 4.79 Å². The molecule has 0 fully saturated rings. The molecule has 0 spiro atoms. The molecule has 0 atom stereocenters. The number of Topliss-reactive ketones (excluding diaryl/α,β-unsaturated/α-hetero) is 1. The normalized spacial score (nSPS) is 22.7. The number of hydrogen-bond donors (Lipinski definition) is 0. The Kier molecular flexibility index (Phi) is 2.77. The Morgan fingerprint density at radius 1 is 1.27 bits per heavy atom. The summed E-state index contributed by atoms with van der Waals surface area (Å²) in [5.74, 6) is -0.0121. The molecule has 0 unspecified atom stereocenters. The van der Waals surface area contributed by atoms with Gasteiger partial charge in [0.25, 0.3) is 0 Å². The Morgan fingerprint density at radius 2 is 1.64 bits per heavy atom. The van der Waals surface area contributed by atoms with Crippen LogP contribution in [0.15, 0.2) is 21.1 Å². The average Bonchev–Trinajstić information content (AvgIpc) is 1.81. The van der Waals surface area contributed by atoms with E-state index in [1.54, 1.807) is 0 Å². The minimum Gasteiger partial charge on any atom is -0.287 e. The summed E-state index contributed by atoms with van der Waals surface area (Å²) in [7, 11) is 0. The zero-order valence-corrected chi connectivity index (χ0v) is 10.5. The fraction of sp³-hybridized carbons (Fsp3) is 0.286. The van der Waals surface area contributed by atoms with Crippen LogP contribution in [0.3, 0.4) is 0 Å². The van der Waals surface area contributed by atoms with Crippen LogP contribution < -0.4 is 0 Å². The minimum atomic E-state index is -0.224.